The molecule has 0 unspecified atom stereocenters. The molecule has 9 heteroatoms. The Balaban J connectivity index is 1.94. The number of aromatic hydroxyl groups is 1. The number of phenols is 1. The van der Waals surface area contributed by atoms with E-state index in [9.17, 15) is 24.8 Å². The third-order valence-corrected chi connectivity index (χ3v) is 5.78. The smallest absolute Gasteiger partial charge is 0.330 e. The molecule has 0 spiro atoms. The molecule has 2 heterocycles. The van der Waals surface area contributed by atoms with Crippen LogP contribution in [0.5, 0.6) is 5.75 Å². The van der Waals surface area contributed by atoms with Crippen LogP contribution in [0.25, 0.3) is 44.3 Å². The number of hydrogen-bond acceptors (Lipinski definition) is 6. The van der Waals surface area contributed by atoms with Gasteiger partial charge >= 0.3 is 5.69 Å². The fourth-order valence-corrected chi connectivity index (χ4v) is 4.11. The average molecular weight is 443 g/mol. The number of furan rings is 1. The Morgan fingerprint density at radius 1 is 0.939 bits per heavy atom. The van der Waals surface area contributed by atoms with Gasteiger partial charge in [-0.3, -0.25) is 24.0 Å². The van der Waals surface area contributed by atoms with Crippen LogP contribution < -0.4 is 11.2 Å². The van der Waals surface area contributed by atoms with Gasteiger partial charge in [-0.05, 0) is 23.8 Å². The number of nitrogens with zero attached hydrogens (tertiary/aromatic N) is 3. The Labute approximate surface area is 185 Å². The maximum atomic E-state index is 13.2. The lowest BCUT2D eigenvalue weighted by molar-refractivity contribution is -0.384. The number of aromatic nitrogens is 2. The van der Waals surface area contributed by atoms with E-state index >= 15 is 0 Å². The molecule has 5 rings (SSSR count). The second-order valence-electron chi connectivity index (χ2n) is 7.68. The van der Waals surface area contributed by atoms with Gasteiger partial charge in [-0.1, -0.05) is 30.3 Å². The van der Waals surface area contributed by atoms with Crippen molar-refractivity contribution in [1.82, 2.24) is 9.13 Å². The van der Waals surface area contributed by atoms with Crippen molar-refractivity contribution in [3.8, 4) is 28.2 Å². The summed E-state index contributed by atoms with van der Waals surface area (Å²) in [6.07, 6.45) is 0. The van der Waals surface area contributed by atoms with E-state index in [0.29, 0.717) is 27.8 Å². The lowest BCUT2D eigenvalue weighted by atomic mass is 9.98. The van der Waals surface area contributed by atoms with E-state index in [2.05, 4.69) is 0 Å². The first kappa shape index (κ1) is 20.3. The summed E-state index contributed by atoms with van der Waals surface area (Å²) >= 11 is 0. The minimum absolute atomic E-state index is 0.0709. The SMILES string of the molecule is Cn1c(=O)c2c3oc(-c4ccc([N+](=O)[O-])cc4)cc3c(O)c(-c3ccccc3)c2n(C)c1=O. The molecule has 5 aromatic rings. The monoisotopic (exact) mass is 443 g/mol. The Morgan fingerprint density at radius 3 is 2.24 bits per heavy atom. The fourth-order valence-electron chi connectivity index (χ4n) is 4.11. The van der Waals surface area contributed by atoms with Gasteiger partial charge in [0.25, 0.3) is 11.2 Å². The quantitative estimate of drug-likeness (QED) is 0.333. The zero-order valence-corrected chi connectivity index (χ0v) is 17.6. The maximum Gasteiger partial charge on any atom is 0.330 e. The highest BCUT2D eigenvalue weighted by atomic mass is 16.6. The average Bonchev–Trinajstić information content (AvgIpc) is 3.27. The van der Waals surface area contributed by atoms with Gasteiger partial charge < -0.3 is 9.52 Å². The topological polar surface area (TPSA) is 121 Å². The lowest BCUT2D eigenvalue weighted by Crippen LogP contribution is -2.37. The number of hydrogen-bond donors (Lipinski definition) is 1. The van der Waals surface area contributed by atoms with Gasteiger partial charge in [0.2, 0.25) is 0 Å². The molecular weight excluding hydrogens is 426 g/mol. The van der Waals surface area contributed by atoms with E-state index in [1.807, 2.05) is 6.07 Å². The van der Waals surface area contributed by atoms with Gasteiger partial charge in [0.05, 0.1) is 15.8 Å². The van der Waals surface area contributed by atoms with Crippen molar-refractivity contribution in [2.75, 3.05) is 0 Å². The molecule has 1 N–H and O–H groups in total. The Morgan fingerprint density at radius 2 is 1.61 bits per heavy atom. The van der Waals surface area contributed by atoms with Crippen LogP contribution in [0.15, 0.2) is 74.7 Å². The molecule has 0 radical (unpaired) electrons. The molecule has 0 bridgehead atoms. The number of phenolic OH excluding ortho intramolecular Hbond substituents is 1. The first-order valence-electron chi connectivity index (χ1n) is 9.98. The zero-order valence-electron chi connectivity index (χ0n) is 17.6. The Bertz CT molecular complexity index is 1690. The molecule has 0 aliphatic heterocycles. The van der Waals surface area contributed by atoms with E-state index < -0.39 is 16.2 Å². The molecule has 0 fully saturated rings. The van der Waals surface area contributed by atoms with E-state index in [0.717, 1.165) is 4.57 Å². The van der Waals surface area contributed by atoms with E-state index in [-0.39, 0.29) is 27.9 Å². The highest BCUT2D eigenvalue weighted by Gasteiger charge is 2.25. The number of fused-ring (bicyclic) bond motifs is 3. The number of nitro benzene ring substituents is 1. The van der Waals surface area contributed by atoms with Crippen molar-refractivity contribution >= 4 is 27.6 Å². The van der Waals surface area contributed by atoms with Crippen LogP contribution in [-0.2, 0) is 14.1 Å². The second kappa shape index (κ2) is 7.20. The largest absolute Gasteiger partial charge is 0.506 e. The molecule has 2 aromatic heterocycles. The number of non-ortho nitro benzene ring substituents is 1. The van der Waals surface area contributed by atoms with Crippen molar-refractivity contribution in [3.05, 3.63) is 91.6 Å². The zero-order chi connectivity index (χ0) is 23.4. The highest BCUT2D eigenvalue weighted by Crippen LogP contribution is 2.44. The summed E-state index contributed by atoms with van der Waals surface area (Å²) in [7, 11) is 2.91. The molecule has 9 nitrogen and oxygen atoms in total. The maximum absolute atomic E-state index is 13.2. The van der Waals surface area contributed by atoms with Gasteiger partial charge in [-0.15, -0.1) is 0 Å². The molecule has 0 amide bonds. The van der Waals surface area contributed by atoms with Crippen molar-refractivity contribution < 1.29 is 14.4 Å². The van der Waals surface area contributed by atoms with Gasteiger partial charge in [-0.25, -0.2) is 4.79 Å². The number of rotatable bonds is 3. The van der Waals surface area contributed by atoms with Crippen LogP contribution in [-0.4, -0.2) is 19.2 Å². The first-order chi connectivity index (χ1) is 15.8. The lowest BCUT2D eigenvalue weighted by Gasteiger charge is -2.14. The van der Waals surface area contributed by atoms with Gasteiger partial charge in [0.15, 0.2) is 5.58 Å². The summed E-state index contributed by atoms with van der Waals surface area (Å²) in [4.78, 5) is 36.4. The third-order valence-electron chi connectivity index (χ3n) is 5.78. The fraction of sp³-hybridized carbons (Fsp3) is 0.0833. The molecule has 0 aliphatic rings. The van der Waals surface area contributed by atoms with E-state index in [4.69, 9.17) is 4.42 Å². The molecule has 0 saturated carbocycles. The summed E-state index contributed by atoms with van der Waals surface area (Å²) in [5.41, 5.74) is 0.724. The number of benzene rings is 3. The molecule has 0 atom stereocenters. The summed E-state index contributed by atoms with van der Waals surface area (Å²) in [6.45, 7) is 0. The Hall–Kier alpha value is -4.66. The van der Waals surface area contributed by atoms with E-state index in [1.54, 1.807) is 30.3 Å². The molecule has 0 saturated heterocycles. The standard InChI is InChI=1S/C24H17N3O6/c1-25-20-18(14-6-4-3-5-7-14)21(28)16-12-17(13-8-10-15(11-9-13)27(31)32)33-22(16)19(20)23(29)26(2)24(25)30/h3-12,28H,1-2H3. The molecule has 164 valence electrons. The third kappa shape index (κ3) is 2.93. The van der Waals surface area contributed by atoms with Gasteiger partial charge in [-0.2, -0.15) is 0 Å². The normalized spacial score (nSPS) is 11.3. The van der Waals surface area contributed by atoms with Crippen LogP contribution in [0, 0.1) is 10.1 Å². The summed E-state index contributed by atoms with van der Waals surface area (Å²) in [5, 5.41) is 22.7. The Kier molecular flexibility index (Phi) is 4.42. The van der Waals surface area contributed by atoms with Gasteiger partial charge in [0, 0.05) is 37.4 Å². The second-order valence-corrected chi connectivity index (χ2v) is 7.68. The van der Waals surface area contributed by atoms with Crippen molar-refractivity contribution in [3.63, 3.8) is 0 Å². The van der Waals surface area contributed by atoms with Crippen molar-refractivity contribution in [2.24, 2.45) is 14.1 Å². The molecular formula is C24H17N3O6. The summed E-state index contributed by atoms with van der Waals surface area (Å²) < 4.78 is 8.31. The summed E-state index contributed by atoms with van der Waals surface area (Å²) in [6, 6.07) is 16.3. The van der Waals surface area contributed by atoms with E-state index in [1.165, 1.54) is 42.9 Å². The van der Waals surface area contributed by atoms with Crippen LogP contribution in [0.2, 0.25) is 0 Å². The molecule has 0 aliphatic carbocycles. The highest BCUT2D eigenvalue weighted by molar-refractivity contribution is 6.14. The van der Waals surface area contributed by atoms with Crippen molar-refractivity contribution in [1.29, 1.82) is 0 Å². The molecule has 33 heavy (non-hydrogen) atoms. The predicted octanol–water partition coefficient (Wildman–Crippen LogP) is 3.93. The van der Waals surface area contributed by atoms with Crippen LogP contribution in [0.1, 0.15) is 0 Å². The van der Waals surface area contributed by atoms with Crippen molar-refractivity contribution in [2.45, 2.75) is 0 Å². The minimum Gasteiger partial charge on any atom is -0.506 e. The molecule has 3 aromatic carbocycles. The van der Waals surface area contributed by atoms with Gasteiger partial charge in [0.1, 0.15) is 16.9 Å². The minimum atomic E-state index is -0.556. The summed E-state index contributed by atoms with van der Waals surface area (Å²) in [5.74, 6) is 0.182. The number of nitro groups is 1. The number of aryl methyl sites for hydroxylation is 1. The predicted molar refractivity (Wildman–Crippen MR) is 123 cm³/mol. The van der Waals surface area contributed by atoms with Crippen LogP contribution in [0.4, 0.5) is 5.69 Å². The van der Waals surface area contributed by atoms with Crippen LogP contribution in [0.3, 0.4) is 0 Å². The van der Waals surface area contributed by atoms with Crippen LogP contribution >= 0.6 is 0 Å². The first-order valence-corrected chi connectivity index (χ1v) is 9.98.